The highest BCUT2D eigenvalue weighted by Gasteiger charge is 2.36. The predicted octanol–water partition coefficient (Wildman–Crippen LogP) is 16.4. The number of rotatable bonds is 7. The fourth-order valence-electron chi connectivity index (χ4n) is 9.62. The van der Waals surface area contributed by atoms with Crippen molar-refractivity contribution in [2.24, 2.45) is 0 Å². The van der Waals surface area contributed by atoms with Crippen molar-refractivity contribution in [3.63, 3.8) is 0 Å². The highest BCUT2D eigenvalue weighted by Crippen LogP contribution is 2.52. The Balaban J connectivity index is 1.15. The summed E-state index contributed by atoms with van der Waals surface area (Å²) in [5.74, 6) is 0. The molecule has 0 bridgehead atoms. The van der Waals surface area contributed by atoms with Crippen LogP contribution in [0.4, 0.5) is 17.1 Å². The van der Waals surface area contributed by atoms with Crippen LogP contribution in [0.2, 0.25) is 0 Å². The van der Waals surface area contributed by atoms with E-state index >= 15 is 0 Å². The summed E-state index contributed by atoms with van der Waals surface area (Å²) in [4.78, 5) is 2.50. The van der Waals surface area contributed by atoms with Crippen molar-refractivity contribution >= 4 is 38.6 Å². The lowest BCUT2D eigenvalue weighted by atomic mass is 9.82. The van der Waals surface area contributed by atoms with E-state index in [9.17, 15) is 0 Å². The third-order valence-corrected chi connectivity index (χ3v) is 12.7. The molecule has 0 aliphatic heterocycles. The molecule has 0 amide bonds. The van der Waals surface area contributed by atoms with Gasteiger partial charge in [-0.2, -0.15) is 0 Å². The van der Waals surface area contributed by atoms with Crippen LogP contribution in [0.25, 0.3) is 77.2 Å². The van der Waals surface area contributed by atoms with E-state index < -0.39 is 0 Å². The maximum absolute atomic E-state index is 2.50. The van der Waals surface area contributed by atoms with Gasteiger partial charge in [0.05, 0.1) is 5.69 Å². The van der Waals surface area contributed by atoms with Crippen molar-refractivity contribution in [1.82, 2.24) is 0 Å². The number of hydrogen-bond donors (Lipinski definition) is 0. The van der Waals surface area contributed by atoms with Gasteiger partial charge < -0.3 is 4.90 Å². The van der Waals surface area contributed by atoms with Gasteiger partial charge in [0.2, 0.25) is 0 Å². The molecule has 0 unspecified atom stereocenters. The number of fused-ring (bicyclic) bond motifs is 5. The van der Waals surface area contributed by atoms with Gasteiger partial charge in [0.1, 0.15) is 0 Å². The third-order valence-electron chi connectivity index (χ3n) is 12.7. The van der Waals surface area contributed by atoms with Crippen LogP contribution in [-0.2, 0) is 5.41 Å². The van der Waals surface area contributed by atoms with Crippen LogP contribution < -0.4 is 4.90 Å². The van der Waals surface area contributed by atoms with E-state index in [-0.39, 0.29) is 5.41 Å². The Bertz CT molecular complexity index is 3220. The highest BCUT2D eigenvalue weighted by atomic mass is 15.1. The normalized spacial score (nSPS) is 12.6. The average molecular weight is 766 g/mol. The molecule has 60 heavy (non-hydrogen) atoms. The van der Waals surface area contributed by atoms with Crippen molar-refractivity contribution in [2.45, 2.75) is 19.3 Å². The van der Waals surface area contributed by atoms with E-state index in [1.165, 1.54) is 88.3 Å². The Kier molecular flexibility index (Phi) is 8.57. The van der Waals surface area contributed by atoms with Crippen LogP contribution in [0.1, 0.15) is 25.0 Å². The molecule has 1 heteroatoms. The molecule has 0 saturated heterocycles. The minimum atomic E-state index is -0.148. The Hall–Kier alpha value is -7.48. The first-order valence-corrected chi connectivity index (χ1v) is 20.9. The van der Waals surface area contributed by atoms with Gasteiger partial charge >= 0.3 is 0 Å². The van der Waals surface area contributed by atoms with Gasteiger partial charge in [-0.1, -0.05) is 202 Å². The van der Waals surface area contributed by atoms with Gasteiger partial charge in [0.25, 0.3) is 0 Å². The minimum absolute atomic E-state index is 0.148. The average Bonchev–Trinajstić information content (AvgIpc) is 3.54. The van der Waals surface area contributed by atoms with Crippen LogP contribution in [0.5, 0.6) is 0 Å². The number of hydrogen-bond acceptors (Lipinski definition) is 1. The second kappa shape index (κ2) is 14.4. The largest absolute Gasteiger partial charge is 0.310 e. The summed E-state index contributed by atoms with van der Waals surface area (Å²) in [7, 11) is 0. The number of benzene rings is 10. The molecule has 1 aliphatic carbocycles. The third kappa shape index (κ3) is 6.01. The molecule has 0 aromatic heterocycles. The van der Waals surface area contributed by atoms with Crippen LogP contribution in [0.3, 0.4) is 0 Å². The van der Waals surface area contributed by atoms with E-state index in [0.717, 1.165) is 17.1 Å². The molecule has 1 nitrogen and oxygen atoms in total. The zero-order chi connectivity index (χ0) is 40.2. The van der Waals surface area contributed by atoms with Gasteiger partial charge in [-0.15, -0.1) is 0 Å². The van der Waals surface area contributed by atoms with Gasteiger partial charge in [-0.3, -0.25) is 0 Å². The van der Waals surface area contributed by atoms with Crippen LogP contribution in [0.15, 0.2) is 224 Å². The van der Waals surface area contributed by atoms with E-state index in [1.54, 1.807) is 0 Å². The standard InChI is InChI=1S/C59H43N/c1-59(2)56-28-11-10-25-53(56)54-36-34-48(39-57(54)59)60(47-32-29-41(30-33-47)45-22-12-21-44(37-45)40-15-4-3-5-16-40)58-38-46(51-26-13-19-42-17-6-8-23-49(42)51)31-35-55(58)52-27-14-20-43-18-7-9-24-50(43)52/h3-39H,1-2H3. The molecule has 0 saturated carbocycles. The first-order chi connectivity index (χ1) is 29.5. The lowest BCUT2D eigenvalue weighted by Gasteiger charge is -2.30. The zero-order valence-corrected chi connectivity index (χ0v) is 33.8. The second-order valence-corrected chi connectivity index (χ2v) is 16.5. The lowest BCUT2D eigenvalue weighted by molar-refractivity contribution is 0.660. The summed E-state index contributed by atoms with van der Waals surface area (Å²) in [6.45, 7) is 4.74. The molecule has 0 spiro atoms. The SMILES string of the molecule is CC1(C)c2ccccc2-c2ccc(N(c3ccc(-c4cccc(-c5ccccc5)c4)cc3)c3cc(-c4cccc5ccccc45)ccc3-c3cccc4ccccc34)cc21. The quantitative estimate of drug-likeness (QED) is 0.156. The van der Waals surface area contributed by atoms with Gasteiger partial charge in [-0.05, 0) is 119 Å². The van der Waals surface area contributed by atoms with Gasteiger partial charge in [0.15, 0.2) is 0 Å². The Labute approximate surface area is 352 Å². The second-order valence-electron chi connectivity index (χ2n) is 16.5. The Morgan fingerprint density at radius 2 is 0.800 bits per heavy atom. The van der Waals surface area contributed by atoms with Crippen LogP contribution in [-0.4, -0.2) is 0 Å². The number of nitrogens with zero attached hydrogens (tertiary/aromatic N) is 1. The summed E-state index contributed by atoms with van der Waals surface area (Å²) >= 11 is 0. The molecule has 10 aromatic carbocycles. The van der Waals surface area contributed by atoms with Crippen molar-refractivity contribution in [1.29, 1.82) is 0 Å². The summed E-state index contributed by atoms with van der Waals surface area (Å²) in [6, 6.07) is 82.6. The topological polar surface area (TPSA) is 3.24 Å². The van der Waals surface area contributed by atoms with E-state index in [1.807, 2.05) is 0 Å². The zero-order valence-electron chi connectivity index (χ0n) is 33.8. The highest BCUT2D eigenvalue weighted by molar-refractivity contribution is 6.04. The molecule has 0 radical (unpaired) electrons. The molecule has 284 valence electrons. The first-order valence-electron chi connectivity index (χ1n) is 20.9. The van der Waals surface area contributed by atoms with Crippen molar-refractivity contribution in [3.8, 4) is 55.6 Å². The molecule has 0 N–H and O–H groups in total. The molecule has 0 atom stereocenters. The molecule has 11 rings (SSSR count). The monoisotopic (exact) mass is 765 g/mol. The van der Waals surface area contributed by atoms with Crippen LogP contribution >= 0.6 is 0 Å². The first kappa shape index (κ1) is 35.7. The molecule has 1 aliphatic rings. The van der Waals surface area contributed by atoms with E-state index in [4.69, 9.17) is 0 Å². The molecule has 10 aromatic rings. The predicted molar refractivity (Wildman–Crippen MR) is 255 cm³/mol. The van der Waals surface area contributed by atoms with Gasteiger partial charge in [-0.25, -0.2) is 0 Å². The fourth-order valence-corrected chi connectivity index (χ4v) is 9.62. The maximum atomic E-state index is 2.50. The summed E-state index contributed by atoms with van der Waals surface area (Å²) in [6.07, 6.45) is 0. The van der Waals surface area contributed by atoms with Crippen molar-refractivity contribution < 1.29 is 0 Å². The Morgan fingerprint density at radius 1 is 0.300 bits per heavy atom. The minimum Gasteiger partial charge on any atom is -0.310 e. The lowest BCUT2D eigenvalue weighted by Crippen LogP contribution is -2.17. The molecular formula is C59H43N. The van der Waals surface area contributed by atoms with Gasteiger partial charge in [0, 0.05) is 22.4 Å². The fraction of sp³-hybridized carbons (Fsp3) is 0.0508. The molecular weight excluding hydrogens is 723 g/mol. The summed E-state index contributed by atoms with van der Waals surface area (Å²) in [5.41, 5.74) is 18.2. The summed E-state index contributed by atoms with van der Waals surface area (Å²) < 4.78 is 0. The van der Waals surface area contributed by atoms with E-state index in [0.29, 0.717) is 0 Å². The Morgan fingerprint density at radius 3 is 1.55 bits per heavy atom. The van der Waals surface area contributed by atoms with E-state index in [2.05, 4.69) is 243 Å². The summed E-state index contributed by atoms with van der Waals surface area (Å²) in [5, 5.41) is 4.94. The molecule has 0 heterocycles. The van der Waals surface area contributed by atoms with Crippen molar-refractivity contribution in [2.75, 3.05) is 4.90 Å². The number of anilines is 3. The maximum Gasteiger partial charge on any atom is 0.0546 e. The smallest absolute Gasteiger partial charge is 0.0546 e. The molecule has 0 fully saturated rings. The van der Waals surface area contributed by atoms with Crippen molar-refractivity contribution in [3.05, 3.63) is 236 Å². The van der Waals surface area contributed by atoms with Crippen LogP contribution in [0, 0.1) is 0 Å².